The number of nitrogens with zero attached hydrogens (tertiary/aromatic N) is 4. The lowest BCUT2D eigenvalue weighted by atomic mass is 9.98. The molecule has 5 heteroatoms. The van der Waals surface area contributed by atoms with Crippen molar-refractivity contribution in [1.29, 1.82) is 0 Å². The van der Waals surface area contributed by atoms with Gasteiger partial charge in [0.15, 0.2) is 5.82 Å². The van der Waals surface area contributed by atoms with Gasteiger partial charge in [0.25, 0.3) is 0 Å². The molecule has 2 aromatic heterocycles. The SMILES string of the molecule is c1ccc(CC2Cc3nnc(-c4ccn[nH]4)n3C2)cc1. The zero-order valence-electron chi connectivity index (χ0n) is 11.0. The molecule has 0 fully saturated rings. The van der Waals surface area contributed by atoms with Gasteiger partial charge >= 0.3 is 0 Å². The highest BCUT2D eigenvalue weighted by Gasteiger charge is 2.26. The second-order valence-corrected chi connectivity index (χ2v) is 5.28. The summed E-state index contributed by atoms with van der Waals surface area (Å²) in [4.78, 5) is 0. The summed E-state index contributed by atoms with van der Waals surface area (Å²) in [5.74, 6) is 2.58. The Balaban J connectivity index is 1.56. The van der Waals surface area contributed by atoms with Gasteiger partial charge in [-0.15, -0.1) is 10.2 Å². The smallest absolute Gasteiger partial charge is 0.182 e. The summed E-state index contributed by atoms with van der Waals surface area (Å²) in [7, 11) is 0. The molecule has 1 aliphatic heterocycles. The first-order chi connectivity index (χ1) is 9.90. The number of nitrogens with one attached hydrogen (secondary N) is 1. The molecule has 1 unspecified atom stereocenters. The van der Waals surface area contributed by atoms with Crippen molar-refractivity contribution in [3.05, 3.63) is 54.0 Å². The second kappa shape index (κ2) is 4.59. The molecule has 4 rings (SSSR count). The van der Waals surface area contributed by atoms with Gasteiger partial charge in [-0.2, -0.15) is 5.10 Å². The molecule has 0 spiro atoms. The van der Waals surface area contributed by atoms with Crippen molar-refractivity contribution in [2.75, 3.05) is 0 Å². The Morgan fingerprint density at radius 2 is 2.05 bits per heavy atom. The fraction of sp³-hybridized carbons (Fsp3) is 0.267. The first-order valence-corrected chi connectivity index (χ1v) is 6.86. The minimum absolute atomic E-state index is 0.601. The number of hydrogen-bond donors (Lipinski definition) is 1. The number of benzene rings is 1. The van der Waals surface area contributed by atoms with Crippen LogP contribution in [0.5, 0.6) is 0 Å². The third-order valence-electron chi connectivity index (χ3n) is 3.85. The van der Waals surface area contributed by atoms with E-state index in [1.54, 1.807) is 6.20 Å². The standard InChI is InChI=1S/C15H15N5/c1-2-4-11(5-3-1)8-12-9-14-18-19-15(20(14)10-12)13-6-7-16-17-13/h1-7,12H,8-10H2,(H,16,17). The number of hydrogen-bond acceptors (Lipinski definition) is 3. The maximum atomic E-state index is 4.31. The lowest BCUT2D eigenvalue weighted by Gasteiger charge is -2.09. The average molecular weight is 265 g/mol. The van der Waals surface area contributed by atoms with E-state index in [9.17, 15) is 0 Å². The Hall–Kier alpha value is -2.43. The molecular formula is C15H15N5. The number of aromatic amines is 1. The van der Waals surface area contributed by atoms with Gasteiger partial charge in [0.2, 0.25) is 0 Å². The second-order valence-electron chi connectivity index (χ2n) is 5.28. The van der Waals surface area contributed by atoms with Crippen molar-refractivity contribution in [2.45, 2.75) is 19.4 Å². The van der Waals surface area contributed by atoms with Crippen molar-refractivity contribution in [2.24, 2.45) is 5.92 Å². The van der Waals surface area contributed by atoms with Crippen LogP contribution < -0.4 is 0 Å². The zero-order valence-corrected chi connectivity index (χ0v) is 11.0. The predicted molar refractivity (Wildman–Crippen MR) is 74.9 cm³/mol. The van der Waals surface area contributed by atoms with E-state index in [0.717, 1.165) is 36.7 Å². The van der Waals surface area contributed by atoms with Crippen molar-refractivity contribution in [3.8, 4) is 11.5 Å². The van der Waals surface area contributed by atoms with Gasteiger partial charge in [-0.3, -0.25) is 5.10 Å². The number of H-pyrrole nitrogens is 1. The Morgan fingerprint density at radius 1 is 1.15 bits per heavy atom. The molecule has 1 aromatic carbocycles. The molecule has 3 heterocycles. The summed E-state index contributed by atoms with van der Waals surface area (Å²) in [5, 5.41) is 15.5. The minimum Gasteiger partial charge on any atom is -0.309 e. The molecule has 1 aliphatic rings. The van der Waals surface area contributed by atoms with Crippen LogP contribution in [-0.2, 0) is 19.4 Å². The van der Waals surface area contributed by atoms with E-state index in [0.29, 0.717) is 5.92 Å². The van der Waals surface area contributed by atoms with E-state index >= 15 is 0 Å². The Bertz CT molecular complexity index is 699. The third-order valence-corrected chi connectivity index (χ3v) is 3.85. The highest BCUT2D eigenvalue weighted by Crippen LogP contribution is 2.27. The lowest BCUT2D eigenvalue weighted by molar-refractivity contribution is 0.508. The average Bonchev–Trinajstić information content (AvgIpc) is 3.15. The van der Waals surface area contributed by atoms with Gasteiger partial charge in [-0.05, 0) is 24.0 Å². The van der Waals surface area contributed by atoms with Crippen LogP contribution >= 0.6 is 0 Å². The van der Waals surface area contributed by atoms with Crippen molar-refractivity contribution in [3.63, 3.8) is 0 Å². The molecule has 1 atom stereocenters. The van der Waals surface area contributed by atoms with Crippen LogP contribution in [0.15, 0.2) is 42.6 Å². The topological polar surface area (TPSA) is 59.4 Å². The summed E-state index contributed by atoms with van der Waals surface area (Å²) in [6.07, 6.45) is 3.83. The van der Waals surface area contributed by atoms with Gasteiger partial charge in [0, 0.05) is 19.2 Å². The van der Waals surface area contributed by atoms with Crippen LogP contribution in [-0.4, -0.2) is 25.0 Å². The Morgan fingerprint density at radius 3 is 2.85 bits per heavy atom. The molecule has 100 valence electrons. The highest BCUT2D eigenvalue weighted by molar-refractivity contribution is 5.48. The van der Waals surface area contributed by atoms with E-state index in [-0.39, 0.29) is 0 Å². The molecule has 0 saturated heterocycles. The third kappa shape index (κ3) is 1.91. The zero-order chi connectivity index (χ0) is 13.4. The molecule has 5 nitrogen and oxygen atoms in total. The van der Waals surface area contributed by atoms with Crippen LogP contribution in [0.3, 0.4) is 0 Å². The van der Waals surface area contributed by atoms with E-state index in [2.05, 4.69) is 55.3 Å². The lowest BCUT2D eigenvalue weighted by Crippen LogP contribution is -2.07. The van der Waals surface area contributed by atoms with Crippen LogP contribution in [0.2, 0.25) is 0 Å². The first kappa shape index (κ1) is 11.4. The first-order valence-electron chi connectivity index (χ1n) is 6.86. The fourth-order valence-electron chi connectivity index (χ4n) is 2.92. The summed E-state index contributed by atoms with van der Waals surface area (Å²) >= 11 is 0. The van der Waals surface area contributed by atoms with Crippen LogP contribution in [0.25, 0.3) is 11.5 Å². The van der Waals surface area contributed by atoms with Gasteiger partial charge in [0.1, 0.15) is 11.5 Å². The molecule has 0 aliphatic carbocycles. The van der Waals surface area contributed by atoms with Crippen LogP contribution in [0.1, 0.15) is 11.4 Å². The number of fused-ring (bicyclic) bond motifs is 1. The minimum atomic E-state index is 0.601. The van der Waals surface area contributed by atoms with E-state index in [4.69, 9.17) is 0 Å². The predicted octanol–water partition coefficient (Wildman–Crippen LogP) is 2.08. The normalized spacial score (nSPS) is 17.3. The van der Waals surface area contributed by atoms with Gasteiger partial charge < -0.3 is 4.57 Å². The molecule has 0 radical (unpaired) electrons. The number of aromatic nitrogens is 5. The maximum Gasteiger partial charge on any atom is 0.182 e. The summed E-state index contributed by atoms with van der Waals surface area (Å²) < 4.78 is 2.21. The molecule has 3 aromatic rings. The molecule has 1 N–H and O–H groups in total. The summed E-state index contributed by atoms with van der Waals surface area (Å²) in [6.45, 7) is 0.978. The largest absolute Gasteiger partial charge is 0.309 e. The van der Waals surface area contributed by atoms with E-state index in [1.165, 1.54) is 5.56 Å². The molecule has 0 saturated carbocycles. The summed E-state index contributed by atoms with van der Waals surface area (Å²) in [5.41, 5.74) is 2.32. The Kier molecular flexibility index (Phi) is 2.62. The van der Waals surface area contributed by atoms with Gasteiger partial charge in [0.05, 0.1) is 0 Å². The van der Waals surface area contributed by atoms with Gasteiger partial charge in [-0.25, -0.2) is 0 Å². The van der Waals surface area contributed by atoms with Crippen molar-refractivity contribution < 1.29 is 0 Å². The molecule has 20 heavy (non-hydrogen) atoms. The van der Waals surface area contributed by atoms with E-state index < -0.39 is 0 Å². The molecular weight excluding hydrogens is 250 g/mol. The van der Waals surface area contributed by atoms with Crippen molar-refractivity contribution in [1.82, 2.24) is 25.0 Å². The monoisotopic (exact) mass is 265 g/mol. The number of rotatable bonds is 3. The van der Waals surface area contributed by atoms with E-state index in [1.807, 2.05) is 6.07 Å². The molecule has 0 amide bonds. The highest BCUT2D eigenvalue weighted by atomic mass is 15.3. The van der Waals surface area contributed by atoms with Crippen LogP contribution in [0, 0.1) is 5.92 Å². The maximum absolute atomic E-state index is 4.31. The van der Waals surface area contributed by atoms with Crippen LogP contribution in [0.4, 0.5) is 0 Å². The Labute approximate surface area is 116 Å². The summed E-state index contributed by atoms with van der Waals surface area (Å²) in [6, 6.07) is 12.6. The fourth-order valence-corrected chi connectivity index (χ4v) is 2.92. The van der Waals surface area contributed by atoms with Gasteiger partial charge in [-0.1, -0.05) is 30.3 Å². The van der Waals surface area contributed by atoms with Crippen molar-refractivity contribution >= 4 is 0 Å². The molecule has 0 bridgehead atoms. The quantitative estimate of drug-likeness (QED) is 0.788.